The van der Waals surface area contributed by atoms with Crippen molar-refractivity contribution in [2.45, 2.75) is 32.2 Å². The van der Waals surface area contributed by atoms with Gasteiger partial charge < -0.3 is 16.0 Å². The Kier molecular flexibility index (Phi) is 4.68. The number of pyridine rings is 1. The van der Waals surface area contributed by atoms with E-state index in [9.17, 15) is 9.59 Å². The van der Waals surface area contributed by atoms with Crippen LogP contribution in [0.4, 0.5) is 11.5 Å². The summed E-state index contributed by atoms with van der Waals surface area (Å²) in [5.74, 6) is -0.814. The lowest BCUT2D eigenvalue weighted by molar-refractivity contribution is -0.145. The van der Waals surface area contributed by atoms with Crippen molar-refractivity contribution in [3.05, 3.63) is 47.8 Å². The van der Waals surface area contributed by atoms with Crippen molar-refractivity contribution in [1.82, 2.24) is 20.1 Å². The van der Waals surface area contributed by atoms with Gasteiger partial charge in [-0.3, -0.25) is 14.7 Å². The molecule has 4 N–H and O–H groups in total. The highest BCUT2D eigenvalue weighted by molar-refractivity contribution is 6.39. The number of likely N-dealkylation sites (tertiary alicyclic amines) is 1. The molecule has 1 fully saturated rings. The SMILES string of the molecule is Cc1cc(NC(=O)C(=O)N2CCCC[C@H]2c2cccc3[nH]ncc23)cnc1N. The number of amides is 2. The number of aromatic nitrogens is 3. The third kappa shape index (κ3) is 3.28. The molecule has 0 aliphatic carbocycles. The number of nitrogens with one attached hydrogen (secondary N) is 2. The zero-order valence-electron chi connectivity index (χ0n) is 15.6. The van der Waals surface area contributed by atoms with Gasteiger partial charge in [0.15, 0.2) is 0 Å². The lowest BCUT2D eigenvalue weighted by atomic mass is 9.93. The van der Waals surface area contributed by atoms with Gasteiger partial charge in [0, 0.05) is 11.9 Å². The molecule has 1 saturated heterocycles. The summed E-state index contributed by atoms with van der Waals surface area (Å²) in [6.07, 6.45) is 5.91. The first kappa shape index (κ1) is 18.0. The van der Waals surface area contributed by atoms with Gasteiger partial charge >= 0.3 is 11.8 Å². The predicted molar refractivity (Wildman–Crippen MR) is 106 cm³/mol. The fourth-order valence-electron chi connectivity index (χ4n) is 3.75. The second-order valence-electron chi connectivity index (χ2n) is 7.07. The Morgan fingerprint density at radius 2 is 2.14 bits per heavy atom. The molecule has 1 atom stereocenters. The highest BCUT2D eigenvalue weighted by Gasteiger charge is 2.32. The number of benzene rings is 1. The summed E-state index contributed by atoms with van der Waals surface area (Å²) >= 11 is 0. The molecule has 2 amide bonds. The molecule has 8 nitrogen and oxygen atoms in total. The highest BCUT2D eigenvalue weighted by Crippen LogP contribution is 2.34. The normalized spacial score (nSPS) is 16.9. The van der Waals surface area contributed by atoms with Gasteiger partial charge in [0.1, 0.15) is 5.82 Å². The number of carbonyl (C=O) groups is 2. The molecule has 0 unspecified atom stereocenters. The van der Waals surface area contributed by atoms with Crippen LogP contribution in [0.25, 0.3) is 10.9 Å². The van der Waals surface area contributed by atoms with Crippen molar-refractivity contribution in [3.8, 4) is 0 Å². The molecular formula is C20H22N6O2. The lowest BCUT2D eigenvalue weighted by Crippen LogP contribution is -2.44. The third-order valence-corrected chi connectivity index (χ3v) is 5.21. The minimum Gasteiger partial charge on any atom is -0.383 e. The summed E-state index contributed by atoms with van der Waals surface area (Å²) in [5.41, 5.74) is 8.84. The van der Waals surface area contributed by atoms with Crippen molar-refractivity contribution >= 4 is 34.2 Å². The monoisotopic (exact) mass is 378 g/mol. The summed E-state index contributed by atoms with van der Waals surface area (Å²) in [7, 11) is 0. The van der Waals surface area contributed by atoms with Gasteiger partial charge in [-0.1, -0.05) is 12.1 Å². The van der Waals surface area contributed by atoms with E-state index in [1.807, 2.05) is 18.2 Å². The average molecular weight is 378 g/mol. The van der Waals surface area contributed by atoms with Crippen LogP contribution >= 0.6 is 0 Å². The van der Waals surface area contributed by atoms with E-state index >= 15 is 0 Å². The van der Waals surface area contributed by atoms with Crippen LogP contribution in [0.5, 0.6) is 0 Å². The van der Waals surface area contributed by atoms with Gasteiger partial charge in [0.25, 0.3) is 0 Å². The molecule has 0 saturated carbocycles. The molecule has 0 bridgehead atoms. The van der Waals surface area contributed by atoms with Crippen molar-refractivity contribution in [1.29, 1.82) is 0 Å². The minimum atomic E-state index is -0.669. The number of fused-ring (bicyclic) bond motifs is 1. The Morgan fingerprint density at radius 3 is 2.96 bits per heavy atom. The number of anilines is 2. The number of nitrogens with zero attached hydrogens (tertiary/aromatic N) is 3. The molecule has 1 aliphatic rings. The minimum absolute atomic E-state index is 0.153. The van der Waals surface area contributed by atoms with E-state index < -0.39 is 11.8 Å². The molecule has 8 heteroatoms. The Balaban J connectivity index is 1.58. The number of H-pyrrole nitrogens is 1. The highest BCUT2D eigenvalue weighted by atomic mass is 16.2. The first-order chi connectivity index (χ1) is 13.5. The second kappa shape index (κ2) is 7.30. The van der Waals surface area contributed by atoms with Crippen LogP contribution in [-0.2, 0) is 9.59 Å². The van der Waals surface area contributed by atoms with Gasteiger partial charge in [-0.05, 0) is 49.4 Å². The van der Waals surface area contributed by atoms with E-state index in [4.69, 9.17) is 5.73 Å². The summed E-state index contributed by atoms with van der Waals surface area (Å²) in [5, 5.41) is 10.7. The zero-order valence-corrected chi connectivity index (χ0v) is 15.6. The van der Waals surface area contributed by atoms with Crippen LogP contribution in [-0.4, -0.2) is 38.4 Å². The molecule has 1 aromatic carbocycles. The molecule has 144 valence electrons. The number of aryl methyl sites for hydroxylation is 1. The smallest absolute Gasteiger partial charge is 0.313 e. The maximum atomic E-state index is 13.0. The second-order valence-corrected chi connectivity index (χ2v) is 7.07. The Morgan fingerprint density at radius 1 is 1.29 bits per heavy atom. The Bertz CT molecular complexity index is 1040. The van der Waals surface area contributed by atoms with E-state index in [2.05, 4.69) is 20.5 Å². The molecule has 0 spiro atoms. The number of hydrogen-bond donors (Lipinski definition) is 3. The molecule has 4 rings (SSSR count). The van der Waals surface area contributed by atoms with E-state index in [0.29, 0.717) is 18.1 Å². The molecule has 2 aromatic heterocycles. The van der Waals surface area contributed by atoms with Crippen molar-refractivity contribution in [3.63, 3.8) is 0 Å². The predicted octanol–water partition coefficient (Wildman–Crippen LogP) is 2.54. The lowest BCUT2D eigenvalue weighted by Gasteiger charge is -2.35. The number of nitrogens with two attached hydrogens (primary N) is 1. The summed E-state index contributed by atoms with van der Waals surface area (Å²) in [4.78, 5) is 31.3. The van der Waals surface area contributed by atoms with E-state index in [1.165, 1.54) is 6.20 Å². The zero-order chi connectivity index (χ0) is 19.7. The number of carbonyl (C=O) groups excluding carboxylic acids is 2. The number of aromatic amines is 1. The maximum absolute atomic E-state index is 13.0. The third-order valence-electron chi connectivity index (χ3n) is 5.21. The van der Waals surface area contributed by atoms with Crippen molar-refractivity contribution in [2.75, 3.05) is 17.6 Å². The van der Waals surface area contributed by atoms with Crippen LogP contribution in [0.2, 0.25) is 0 Å². The first-order valence-corrected chi connectivity index (χ1v) is 9.30. The summed E-state index contributed by atoms with van der Waals surface area (Å²) in [6, 6.07) is 7.44. The van der Waals surface area contributed by atoms with Crippen molar-refractivity contribution < 1.29 is 9.59 Å². The van der Waals surface area contributed by atoms with Gasteiger partial charge in [0.05, 0.1) is 29.6 Å². The summed E-state index contributed by atoms with van der Waals surface area (Å²) < 4.78 is 0. The number of hydrogen-bond acceptors (Lipinski definition) is 5. The van der Waals surface area contributed by atoms with Crippen LogP contribution < -0.4 is 11.1 Å². The average Bonchev–Trinajstić information content (AvgIpc) is 3.19. The van der Waals surface area contributed by atoms with E-state index in [1.54, 1.807) is 24.1 Å². The number of nitrogen functional groups attached to an aromatic ring is 1. The number of piperidine rings is 1. The van der Waals surface area contributed by atoms with E-state index in [0.717, 1.165) is 41.3 Å². The fraction of sp³-hybridized carbons (Fsp3) is 0.300. The molecule has 3 heterocycles. The first-order valence-electron chi connectivity index (χ1n) is 9.30. The molecule has 1 aliphatic heterocycles. The topological polar surface area (TPSA) is 117 Å². The van der Waals surface area contributed by atoms with Crippen LogP contribution in [0, 0.1) is 6.92 Å². The maximum Gasteiger partial charge on any atom is 0.313 e. The standard InChI is InChI=1S/C20H22N6O2/c1-12-9-13(10-22-18(12)21)24-19(27)20(28)26-8-3-2-7-17(26)14-5-4-6-16-15(14)11-23-25-16/h4-6,9-11,17H,2-3,7-8H2,1H3,(H2,21,22)(H,23,25)(H,24,27)/t17-/m0/s1. The number of rotatable bonds is 2. The van der Waals surface area contributed by atoms with Gasteiger partial charge in [-0.2, -0.15) is 5.10 Å². The summed E-state index contributed by atoms with van der Waals surface area (Å²) in [6.45, 7) is 2.34. The van der Waals surface area contributed by atoms with Gasteiger partial charge in [0.2, 0.25) is 0 Å². The molecule has 0 radical (unpaired) electrons. The molecular weight excluding hydrogens is 356 g/mol. The molecule has 28 heavy (non-hydrogen) atoms. The van der Waals surface area contributed by atoms with Crippen LogP contribution in [0.1, 0.15) is 36.4 Å². The van der Waals surface area contributed by atoms with E-state index in [-0.39, 0.29) is 6.04 Å². The molecule has 3 aromatic rings. The Labute approximate surface area is 162 Å². The van der Waals surface area contributed by atoms with Crippen molar-refractivity contribution in [2.24, 2.45) is 0 Å². The van der Waals surface area contributed by atoms with Crippen LogP contribution in [0.3, 0.4) is 0 Å². The van der Waals surface area contributed by atoms with Gasteiger partial charge in [-0.15, -0.1) is 0 Å². The Hall–Kier alpha value is -3.42. The fourth-order valence-corrected chi connectivity index (χ4v) is 3.75. The van der Waals surface area contributed by atoms with Gasteiger partial charge in [-0.25, -0.2) is 4.98 Å². The largest absolute Gasteiger partial charge is 0.383 e. The van der Waals surface area contributed by atoms with Crippen LogP contribution in [0.15, 0.2) is 36.7 Å². The quantitative estimate of drug-likeness (QED) is 0.593.